The minimum absolute atomic E-state index is 0.754. The summed E-state index contributed by atoms with van der Waals surface area (Å²) < 4.78 is 0. The summed E-state index contributed by atoms with van der Waals surface area (Å²) in [5.74, 6) is 0.954. The van der Waals surface area contributed by atoms with Gasteiger partial charge in [-0.1, -0.05) is 66.2 Å². The largest absolute Gasteiger partial charge is 0.348 e. The highest BCUT2D eigenvalue weighted by Crippen LogP contribution is 2.27. The molecule has 0 fully saturated rings. The summed E-state index contributed by atoms with van der Waals surface area (Å²) in [6.45, 7) is 0. The molecule has 0 atom stereocenters. The average Bonchev–Trinajstić information content (AvgIpc) is 3.05. The van der Waals surface area contributed by atoms with E-state index in [1.807, 2.05) is 30.5 Å². The highest BCUT2D eigenvalue weighted by atomic mass is 35.5. The number of H-pyrrole nitrogens is 1. The van der Waals surface area contributed by atoms with Crippen molar-refractivity contribution >= 4 is 22.4 Å². The Hall–Kier alpha value is -2.58. The number of nitrogens with zero attached hydrogens (tertiary/aromatic N) is 1. The van der Waals surface area contributed by atoms with Crippen LogP contribution in [-0.2, 0) is 6.42 Å². The van der Waals surface area contributed by atoms with E-state index >= 15 is 0 Å². The van der Waals surface area contributed by atoms with E-state index in [0.29, 0.717) is 0 Å². The van der Waals surface area contributed by atoms with E-state index in [-0.39, 0.29) is 0 Å². The van der Waals surface area contributed by atoms with Gasteiger partial charge in [0.2, 0.25) is 0 Å². The number of halogens is 1. The standard InChI is InChI=1S/C20H15ClN2/c21-16-10-8-14(9-11-16)12-20-22-13-19(23-20)18-7-3-5-15-4-1-2-6-17(15)18/h1-11,13H,12H2,(H,22,23). The van der Waals surface area contributed by atoms with E-state index < -0.39 is 0 Å². The Kier molecular flexibility index (Phi) is 3.60. The van der Waals surface area contributed by atoms with Gasteiger partial charge >= 0.3 is 0 Å². The van der Waals surface area contributed by atoms with Crippen molar-refractivity contribution in [1.82, 2.24) is 9.97 Å². The molecule has 112 valence electrons. The Morgan fingerprint density at radius 2 is 1.65 bits per heavy atom. The van der Waals surface area contributed by atoms with Gasteiger partial charge in [-0.25, -0.2) is 4.98 Å². The summed E-state index contributed by atoms with van der Waals surface area (Å²) in [6, 6.07) is 22.6. The monoisotopic (exact) mass is 318 g/mol. The number of imidazole rings is 1. The van der Waals surface area contributed by atoms with E-state index in [9.17, 15) is 0 Å². The Bertz CT molecular complexity index is 949. The normalized spacial score (nSPS) is 11.0. The summed E-state index contributed by atoms with van der Waals surface area (Å²) in [4.78, 5) is 8.05. The minimum atomic E-state index is 0.754. The molecule has 3 aromatic carbocycles. The first-order chi connectivity index (χ1) is 11.3. The van der Waals surface area contributed by atoms with Crippen molar-refractivity contribution in [1.29, 1.82) is 0 Å². The number of aromatic amines is 1. The second kappa shape index (κ2) is 5.90. The number of aromatic nitrogens is 2. The molecule has 1 aromatic heterocycles. The maximum atomic E-state index is 5.93. The number of benzene rings is 3. The molecule has 0 aliphatic carbocycles. The fourth-order valence-electron chi connectivity index (χ4n) is 2.83. The highest BCUT2D eigenvalue weighted by Gasteiger charge is 2.08. The summed E-state index contributed by atoms with van der Waals surface area (Å²) in [7, 11) is 0. The first kappa shape index (κ1) is 14.0. The number of hydrogen-bond acceptors (Lipinski definition) is 1. The molecule has 0 saturated heterocycles. The lowest BCUT2D eigenvalue weighted by atomic mass is 10.0. The van der Waals surface area contributed by atoms with Gasteiger partial charge in [-0.3, -0.25) is 0 Å². The number of hydrogen-bond donors (Lipinski definition) is 1. The van der Waals surface area contributed by atoms with Gasteiger partial charge < -0.3 is 4.98 Å². The van der Waals surface area contributed by atoms with Gasteiger partial charge in [0, 0.05) is 23.2 Å². The van der Waals surface area contributed by atoms with Gasteiger partial charge in [-0.15, -0.1) is 0 Å². The van der Waals surface area contributed by atoms with Crippen molar-refractivity contribution in [3.05, 3.63) is 89.3 Å². The maximum Gasteiger partial charge on any atom is 0.111 e. The molecule has 0 amide bonds. The molecule has 1 N–H and O–H groups in total. The lowest BCUT2D eigenvalue weighted by Crippen LogP contribution is -1.90. The van der Waals surface area contributed by atoms with Crippen molar-refractivity contribution in [2.24, 2.45) is 0 Å². The predicted octanol–water partition coefficient (Wildman–Crippen LogP) is 5.47. The Morgan fingerprint density at radius 3 is 2.52 bits per heavy atom. The van der Waals surface area contributed by atoms with Crippen LogP contribution in [0.1, 0.15) is 11.4 Å². The molecule has 1 heterocycles. The molecular weight excluding hydrogens is 304 g/mol. The number of rotatable bonds is 3. The molecular formula is C20H15ClN2. The van der Waals surface area contributed by atoms with Crippen LogP contribution in [0.2, 0.25) is 5.02 Å². The molecule has 0 bridgehead atoms. The second-order valence-electron chi connectivity index (χ2n) is 5.56. The topological polar surface area (TPSA) is 28.7 Å². The summed E-state index contributed by atoms with van der Waals surface area (Å²) in [6.07, 6.45) is 2.75. The van der Waals surface area contributed by atoms with Crippen LogP contribution >= 0.6 is 11.6 Å². The molecule has 4 aromatic rings. The Morgan fingerprint density at radius 1 is 0.870 bits per heavy atom. The third kappa shape index (κ3) is 2.86. The third-order valence-corrected chi connectivity index (χ3v) is 4.23. The molecule has 23 heavy (non-hydrogen) atoms. The van der Waals surface area contributed by atoms with E-state index in [4.69, 9.17) is 16.6 Å². The number of fused-ring (bicyclic) bond motifs is 1. The van der Waals surface area contributed by atoms with Crippen LogP contribution in [-0.4, -0.2) is 9.97 Å². The zero-order valence-corrected chi connectivity index (χ0v) is 13.2. The van der Waals surface area contributed by atoms with Gasteiger partial charge in [0.15, 0.2) is 0 Å². The Labute approximate surface area is 139 Å². The molecule has 0 spiro atoms. The van der Waals surface area contributed by atoms with Gasteiger partial charge in [0.1, 0.15) is 5.82 Å². The first-order valence-corrected chi connectivity index (χ1v) is 7.94. The van der Waals surface area contributed by atoms with Gasteiger partial charge in [-0.05, 0) is 28.5 Å². The van der Waals surface area contributed by atoms with Crippen LogP contribution < -0.4 is 0 Å². The summed E-state index contributed by atoms with van der Waals surface area (Å²) in [5, 5.41) is 3.21. The predicted molar refractivity (Wildman–Crippen MR) is 95.8 cm³/mol. The van der Waals surface area contributed by atoms with E-state index in [1.165, 1.54) is 16.3 Å². The summed E-state index contributed by atoms with van der Waals surface area (Å²) >= 11 is 5.93. The first-order valence-electron chi connectivity index (χ1n) is 7.56. The smallest absolute Gasteiger partial charge is 0.111 e. The SMILES string of the molecule is Clc1ccc(Cc2nc(-c3cccc4ccccc34)c[nH]2)cc1. The van der Waals surface area contributed by atoms with Crippen LogP contribution in [0.4, 0.5) is 0 Å². The van der Waals surface area contributed by atoms with E-state index in [1.54, 1.807) is 0 Å². The third-order valence-electron chi connectivity index (χ3n) is 3.98. The maximum absolute atomic E-state index is 5.93. The minimum Gasteiger partial charge on any atom is -0.348 e. The fourth-order valence-corrected chi connectivity index (χ4v) is 2.96. The number of nitrogens with one attached hydrogen (secondary N) is 1. The molecule has 0 aliphatic heterocycles. The molecule has 0 radical (unpaired) electrons. The second-order valence-corrected chi connectivity index (χ2v) is 6.00. The molecule has 0 aliphatic rings. The molecule has 4 rings (SSSR count). The summed E-state index contributed by atoms with van der Waals surface area (Å²) in [5.41, 5.74) is 3.32. The fraction of sp³-hybridized carbons (Fsp3) is 0.0500. The molecule has 0 unspecified atom stereocenters. The quantitative estimate of drug-likeness (QED) is 0.533. The molecule has 0 saturated carbocycles. The van der Waals surface area contributed by atoms with Crippen LogP contribution in [0.15, 0.2) is 72.9 Å². The lowest BCUT2D eigenvalue weighted by Gasteiger charge is -2.03. The van der Waals surface area contributed by atoms with Crippen molar-refractivity contribution < 1.29 is 0 Å². The van der Waals surface area contributed by atoms with Gasteiger partial charge in [-0.2, -0.15) is 0 Å². The van der Waals surface area contributed by atoms with Crippen molar-refractivity contribution in [3.63, 3.8) is 0 Å². The van der Waals surface area contributed by atoms with Gasteiger partial charge in [0.05, 0.1) is 5.69 Å². The van der Waals surface area contributed by atoms with Crippen LogP contribution in [0, 0.1) is 0 Å². The van der Waals surface area contributed by atoms with Crippen LogP contribution in [0.3, 0.4) is 0 Å². The van der Waals surface area contributed by atoms with Crippen molar-refractivity contribution in [2.45, 2.75) is 6.42 Å². The van der Waals surface area contributed by atoms with Crippen molar-refractivity contribution in [3.8, 4) is 11.3 Å². The molecule has 3 heteroatoms. The Balaban J connectivity index is 1.68. The molecule has 2 nitrogen and oxygen atoms in total. The van der Waals surface area contributed by atoms with Gasteiger partial charge in [0.25, 0.3) is 0 Å². The van der Waals surface area contributed by atoms with Crippen LogP contribution in [0.5, 0.6) is 0 Å². The highest BCUT2D eigenvalue weighted by molar-refractivity contribution is 6.30. The van der Waals surface area contributed by atoms with E-state index in [2.05, 4.69) is 47.4 Å². The zero-order chi connectivity index (χ0) is 15.6. The average molecular weight is 319 g/mol. The van der Waals surface area contributed by atoms with Crippen LogP contribution in [0.25, 0.3) is 22.0 Å². The van der Waals surface area contributed by atoms with E-state index in [0.717, 1.165) is 28.5 Å². The van der Waals surface area contributed by atoms with Crippen molar-refractivity contribution in [2.75, 3.05) is 0 Å². The zero-order valence-electron chi connectivity index (χ0n) is 12.5. The lowest BCUT2D eigenvalue weighted by molar-refractivity contribution is 1.03.